The quantitative estimate of drug-likeness (QED) is 0.592. The van der Waals surface area contributed by atoms with E-state index in [0.717, 1.165) is 35.6 Å². The molecule has 4 bridgehead atoms. The van der Waals surface area contributed by atoms with Crippen molar-refractivity contribution in [3.63, 3.8) is 0 Å². The zero-order valence-electron chi connectivity index (χ0n) is 17.5. The standard InChI is InChI=1S/C25H30FNO2.ClH/c1-28-23-8-4-6-20(24(23)29-16-21-5-2-3-7-22(21)26)15-27-25-12-17-9-18(13-25)11-19(10-17)14-25;/h2-8,17-19,27H,9-16H2,1H3;1H. The molecule has 4 saturated carbocycles. The van der Waals surface area contributed by atoms with Crippen molar-refractivity contribution in [2.45, 2.75) is 57.2 Å². The SMILES string of the molecule is COc1cccc(CNC23CC4CC(CC(C4)C2)C3)c1OCc1ccccc1F.Cl. The van der Waals surface area contributed by atoms with Crippen molar-refractivity contribution in [2.75, 3.05) is 7.11 Å². The van der Waals surface area contributed by atoms with Gasteiger partial charge in [0.05, 0.1) is 7.11 Å². The zero-order chi connectivity index (χ0) is 19.8. The number of nitrogens with one attached hydrogen (secondary N) is 1. The van der Waals surface area contributed by atoms with Crippen LogP contribution in [0.5, 0.6) is 11.5 Å². The van der Waals surface area contributed by atoms with Crippen LogP contribution in [0.25, 0.3) is 0 Å². The number of benzene rings is 2. The number of methoxy groups -OCH3 is 1. The van der Waals surface area contributed by atoms with Gasteiger partial charge in [0.1, 0.15) is 12.4 Å². The summed E-state index contributed by atoms with van der Waals surface area (Å²) in [4.78, 5) is 0. The van der Waals surface area contributed by atoms with Gasteiger partial charge in [-0.2, -0.15) is 0 Å². The van der Waals surface area contributed by atoms with Gasteiger partial charge in [-0.25, -0.2) is 4.39 Å². The molecular weight excluding hydrogens is 401 g/mol. The molecule has 0 spiro atoms. The summed E-state index contributed by atoms with van der Waals surface area (Å²) in [6, 6.07) is 12.8. The smallest absolute Gasteiger partial charge is 0.166 e. The number of hydrogen-bond donors (Lipinski definition) is 1. The highest BCUT2D eigenvalue weighted by Crippen LogP contribution is 2.55. The molecule has 6 rings (SSSR count). The fourth-order valence-corrected chi connectivity index (χ4v) is 6.40. The van der Waals surface area contributed by atoms with Crippen LogP contribution in [0, 0.1) is 23.6 Å². The summed E-state index contributed by atoms with van der Waals surface area (Å²) in [5.41, 5.74) is 1.93. The van der Waals surface area contributed by atoms with Gasteiger partial charge in [0.15, 0.2) is 11.5 Å². The van der Waals surface area contributed by atoms with Crippen LogP contribution in [0.2, 0.25) is 0 Å². The summed E-state index contributed by atoms with van der Waals surface area (Å²) in [6.07, 6.45) is 8.27. The molecule has 2 aromatic rings. The lowest BCUT2D eigenvalue weighted by Crippen LogP contribution is -2.58. The van der Waals surface area contributed by atoms with Crippen LogP contribution in [0.4, 0.5) is 4.39 Å². The monoisotopic (exact) mass is 431 g/mol. The van der Waals surface area contributed by atoms with Gasteiger partial charge in [-0.05, 0) is 68.4 Å². The fraction of sp³-hybridized carbons (Fsp3) is 0.520. The normalized spacial score (nSPS) is 28.8. The Morgan fingerprint density at radius 3 is 2.20 bits per heavy atom. The summed E-state index contributed by atoms with van der Waals surface area (Å²) in [7, 11) is 1.65. The van der Waals surface area contributed by atoms with E-state index in [2.05, 4.69) is 11.4 Å². The van der Waals surface area contributed by atoms with Gasteiger partial charge in [0, 0.05) is 23.2 Å². The Hall–Kier alpha value is -1.78. The maximum absolute atomic E-state index is 14.0. The lowest BCUT2D eigenvalue weighted by atomic mass is 9.53. The molecule has 0 unspecified atom stereocenters. The zero-order valence-corrected chi connectivity index (χ0v) is 18.3. The van der Waals surface area contributed by atoms with Gasteiger partial charge in [0.2, 0.25) is 0 Å². The molecule has 0 heterocycles. The highest BCUT2D eigenvalue weighted by molar-refractivity contribution is 5.85. The molecule has 0 amide bonds. The van der Waals surface area contributed by atoms with Crippen molar-refractivity contribution in [3.8, 4) is 11.5 Å². The second-order valence-corrected chi connectivity index (χ2v) is 9.38. The van der Waals surface area contributed by atoms with Gasteiger partial charge in [0.25, 0.3) is 0 Å². The van der Waals surface area contributed by atoms with E-state index in [4.69, 9.17) is 9.47 Å². The van der Waals surface area contributed by atoms with E-state index in [1.54, 1.807) is 19.2 Å². The minimum absolute atomic E-state index is 0. The average molecular weight is 432 g/mol. The number of rotatable bonds is 7. The summed E-state index contributed by atoms with van der Waals surface area (Å²) in [6.45, 7) is 0.952. The van der Waals surface area contributed by atoms with Crippen molar-refractivity contribution in [1.82, 2.24) is 5.32 Å². The van der Waals surface area contributed by atoms with Crippen molar-refractivity contribution in [2.24, 2.45) is 17.8 Å². The van der Waals surface area contributed by atoms with E-state index in [1.807, 2.05) is 18.2 Å². The van der Waals surface area contributed by atoms with Crippen molar-refractivity contribution < 1.29 is 13.9 Å². The minimum Gasteiger partial charge on any atom is -0.493 e. The molecule has 162 valence electrons. The van der Waals surface area contributed by atoms with E-state index >= 15 is 0 Å². The molecule has 1 N–H and O–H groups in total. The van der Waals surface area contributed by atoms with E-state index in [-0.39, 0.29) is 24.8 Å². The molecule has 4 aliphatic rings. The third-order valence-corrected chi connectivity index (χ3v) is 7.30. The molecule has 30 heavy (non-hydrogen) atoms. The first-order chi connectivity index (χ1) is 14.1. The minimum atomic E-state index is -0.240. The van der Waals surface area contributed by atoms with Crippen molar-refractivity contribution in [1.29, 1.82) is 0 Å². The molecule has 0 aliphatic heterocycles. The Kier molecular flexibility index (Phi) is 6.26. The number of halogens is 2. The molecule has 5 heteroatoms. The Morgan fingerprint density at radius 1 is 0.933 bits per heavy atom. The molecule has 4 fully saturated rings. The summed E-state index contributed by atoms with van der Waals surface area (Å²) in [5, 5.41) is 3.94. The highest BCUT2D eigenvalue weighted by atomic mass is 35.5. The summed E-state index contributed by atoms with van der Waals surface area (Å²) < 4.78 is 25.7. The second kappa shape index (κ2) is 8.76. The fourth-order valence-electron chi connectivity index (χ4n) is 6.40. The molecular formula is C25H31ClFNO2. The van der Waals surface area contributed by atoms with Crippen LogP contribution in [-0.2, 0) is 13.2 Å². The van der Waals surface area contributed by atoms with E-state index in [9.17, 15) is 4.39 Å². The molecule has 0 saturated heterocycles. The Morgan fingerprint density at radius 2 is 1.57 bits per heavy atom. The molecule has 2 aromatic carbocycles. The second-order valence-electron chi connectivity index (χ2n) is 9.38. The van der Waals surface area contributed by atoms with Crippen LogP contribution >= 0.6 is 12.4 Å². The number of ether oxygens (including phenoxy) is 2. The lowest BCUT2D eigenvalue weighted by Gasteiger charge is -2.57. The molecule has 4 aliphatic carbocycles. The predicted molar refractivity (Wildman–Crippen MR) is 119 cm³/mol. The summed E-state index contributed by atoms with van der Waals surface area (Å²) in [5.74, 6) is 3.92. The largest absolute Gasteiger partial charge is 0.493 e. The first-order valence-corrected chi connectivity index (χ1v) is 10.9. The molecule has 0 radical (unpaired) electrons. The molecule has 0 aromatic heterocycles. The maximum atomic E-state index is 14.0. The summed E-state index contributed by atoms with van der Waals surface area (Å²) >= 11 is 0. The predicted octanol–water partition coefficient (Wildman–Crippen LogP) is 5.89. The van der Waals surface area contributed by atoms with E-state index < -0.39 is 0 Å². The Labute approximate surface area is 184 Å². The van der Waals surface area contributed by atoms with Crippen molar-refractivity contribution in [3.05, 3.63) is 59.4 Å². The highest BCUT2D eigenvalue weighted by Gasteiger charge is 2.50. The van der Waals surface area contributed by atoms with Crippen LogP contribution in [-0.4, -0.2) is 12.6 Å². The first kappa shape index (κ1) is 21.5. The van der Waals surface area contributed by atoms with Crippen LogP contribution in [0.15, 0.2) is 42.5 Å². The van der Waals surface area contributed by atoms with Gasteiger partial charge >= 0.3 is 0 Å². The Bertz CT molecular complexity index is 852. The molecule has 0 atom stereocenters. The van der Waals surface area contributed by atoms with Crippen molar-refractivity contribution >= 4 is 12.4 Å². The number of hydrogen-bond acceptors (Lipinski definition) is 3. The average Bonchev–Trinajstić information content (AvgIpc) is 2.71. The van der Waals surface area contributed by atoms with Gasteiger partial charge in [-0.3, -0.25) is 0 Å². The maximum Gasteiger partial charge on any atom is 0.166 e. The van der Waals surface area contributed by atoms with Crippen LogP contribution in [0.3, 0.4) is 0 Å². The topological polar surface area (TPSA) is 30.5 Å². The molecule has 3 nitrogen and oxygen atoms in total. The van der Waals surface area contributed by atoms with E-state index in [1.165, 1.54) is 44.6 Å². The van der Waals surface area contributed by atoms with Crippen LogP contribution < -0.4 is 14.8 Å². The third kappa shape index (κ3) is 4.17. The van der Waals surface area contributed by atoms with Crippen LogP contribution in [0.1, 0.15) is 49.7 Å². The first-order valence-electron chi connectivity index (χ1n) is 10.9. The third-order valence-electron chi connectivity index (χ3n) is 7.30. The van der Waals surface area contributed by atoms with Gasteiger partial charge in [-0.1, -0.05) is 30.3 Å². The van der Waals surface area contributed by atoms with Gasteiger partial charge in [-0.15, -0.1) is 12.4 Å². The van der Waals surface area contributed by atoms with E-state index in [0.29, 0.717) is 16.9 Å². The Balaban J connectivity index is 0.00000218. The van der Waals surface area contributed by atoms with Gasteiger partial charge < -0.3 is 14.8 Å². The number of para-hydroxylation sites is 1. The lowest BCUT2D eigenvalue weighted by molar-refractivity contribution is -0.0206.